The topological polar surface area (TPSA) is 75.9 Å². The summed E-state index contributed by atoms with van der Waals surface area (Å²) in [6.45, 7) is 4.63. The molecule has 0 aliphatic heterocycles. The maximum atomic E-state index is 12.4. The number of thioether (sulfide) groups is 1. The van der Waals surface area contributed by atoms with E-state index in [0.29, 0.717) is 19.4 Å². The van der Waals surface area contributed by atoms with Crippen LogP contribution in [0.3, 0.4) is 0 Å². The van der Waals surface area contributed by atoms with E-state index in [9.17, 15) is 4.79 Å². The van der Waals surface area contributed by atoms with Crippen LogP contribution >= 0.6 is 11.8 Å². The number of rotatable bonds is 9. The molecule has 0 aliphatic carbocycles. The summed E-state index contributed by atoms with van der Waals surface area (Å²) < 4.78 is 1.83. The molecule has 0 saturated heterocycles. The Morgan fingerprint density at radius 2 is 1.87 bits per heavy atom. The molecule has 0 radical (unpaired) electrons. The molecule has 0 atom stereocenters. The zero-order valence-corrected chi connectivity index (χ0v) is 19.7. The second kappa shape index (κ2) is 10.4. The first-order valence-corrected chi connectivity index (χ1v) is 11.6. The largest absolute Gasteiger partial charge is 0.363 e. The van der Waals surface area contributed by atoms with Crippen molar-refractivity contribution in [3.63, 3.8) is 0 Å². The number of aryl methyl sites for hydroxylation is 1. The van der Waals surface area contributed by atoms with E-state index >= 15 is 0 Å². The van der Waals surface area contributed by atoms with Crippen molar-refractivity contribution < 1.29 is 4.79 Å². The Morgan fingerprint density at radius 1 is 1.13 bits per heavy atom. The maximum absolute atomic E-state index is 12.4. The van der Waals surface area contributed by atoms with E-state index in [1.165, 1.54) is 10.5 Å². The summed E-state index contributed by atoms with van der Waals surface area (Å²) in [4.78, 5) is 24.2. The number of carbonyl (C=O) groups is 1. The fraction of sp³-hybridized carbons (Fsp3) is 0.391. The number of anilines is 1. The van der Waals surface area contributed by atoms with Crippen LogP contribution in [0.25, 0.3) is 5.82 Å². The molecule has 0 spiro atoms. The molecule has 2 aromatic heterocycles. The van der Waals surface area contributed by atoms with Crippen LogP contribution in [0.1, 0.15) is 28.9 Å². The van der Waals surface area contributed by atoms with E-state index in [1.54, 1.807) is 18.1 Å². The van der Waals surface area contributed by atoms with Gasteiger partial charge in [0.1, 0.15) is 12.1 Å². The quantitative estimate of drug-likeness (QED) is 0.516. The SMILES string of the molecule is CSc1ccc(CCNC(=O)CCc2c(C)nn(-c3cc(N(C)C)ncn3)c2C)cc1. The first-order valence-electron chi connectivity index (χ1n) is 10.3. The Kier molecular flexibility index (Phi) is 7.68. The summed E-state index contributed by atoms with van der Waals surface area (Å²) in [5.41, 5.74) is 4.24. The van der Waals surface area contributed by atoms with Gasteiger partial charge in [-0.05, 0) is 56.2 Å². The monoisotopic (exact) mass is 438 g/mol. The number of benzene rings is 1. The van der Waals surface area contributed by atoms with Gasteiger partial charge < -0.3 is 10.2 Å². The highest BCUT2D eigenvalue weighted by Crippen LogP contribution is 2.20. The molecular formula is C23H30N6OS. The van der Waals surface area contributed by atoms with Crippen LogP contribution in [0.2, 0.25) is 0 Å². The number of hydrogen-bond acceptors (Lipinski definition) is 6. The highest BCUT2D eigenvalue weighted by atomic mass is 32.2. The Balaban J connectivity index is 1.56. The van der Waals surface area contributed by atoms with Gasteiger partial charge in [-0.15, -0.1) is 11.8 Å². The van der Waals surface area contributed by atoms with E-state index in [1.807, 2.05) is 43.6 Å². The summed E-state index contributed by atoms with van der Waals surface area (Å²) in [5.74, 6) is 1.60. The van der Waals surface area contributed by atoms with Crippen molar-refractivity contribution in [1.82, 2.24) is 25.1 Å². The van der Waals surface area contributed by atoms with Crippen molar-refractivity contribution >= 4 is 23.5 Å². The lowest BCUT2D eigenvalue weighted by atomic mass is 10.1. The summed E-state index contributed by atoms with van der Waals surface area (Å²) >= 11 is 1.73. The standard InChI is InChI=1S/C23H30N6OS/c1-16-20(17(2)29(27-16)22-14-21(28(3)4)25-15-26-22)10-11-23(30)24-13-12-18-6-8-19(31-5)9-7-18/h6-9,14-15H,10-13H2,1-5H3,(H,24,30). The maximum Gasteiger partial charge on any atom is 0.220 e. The molecular weight excluding hydrogens is 408 g/mol. The van der Waals surface area contributed by atoms with Crippen LogP contribution in [0.5, 0.6) is 0 Å². The first kappa shape index (κ1) is 22.8. The lowest BCUT2D eigenvalue weighted by molar-refractivity contribution is -0.121. The molecule has 0 fully saturated rings. The van der Waals surface area contributed by atoms with Gasteiger partial charge in [-0.3, -0.25) is 4.79 Å². The minimum atomic E-state index is 0.0595. The second-order valence-corrected chi connectivity index (χ2v) is 8.52. The van der Waals surface area contributed by atoms with Crippen molar-refractivity contribution in [2.45, 2.75) is 38.0 Å². The predicted octanol–water partition coefficient (Wildman–Crippen LogP) is 3.36. The van der Waals surface area contributed by atoms with Gasteiger partial charge in [0.2, 0.25) is 5.91 Å². The summed E-state index contributed by atoms with van der Waals surface area (Å²) in [6, 6.07) is 10.4. The van der Waals surface area contributed by atoms with Crippen LogP contribution in [-0.2, 0) is 17.6 Å². The average Bonchev–Trinajstić information content (AvgIpc) is 3.06. The van der Waals surface area contributed by atoms with Crippen molar-refractivity contribution in [3.05, 3.63) is 59.2 Å². The van der Waals surface area contributed by atoms with Gasteiger partial charge in [0.05, 0.1) is 5.69 Å². The molecule has 1 N–H and O–H groups in total. The van der Waals surface area contributed by atoms with Crippen LogP contribution < -0.4 is 10.2 Å². The Hall–Kier alpha value is -2.87. The molecule has 3 aromatic rings. The van der Waals surface area contributed by atoms with E-state index in [-0.39, 0.29) is 5.91 Å². The van der Waals surface area contributed by atoms with Crippen molar-refractivity contribution in [3.8, 4) is 5.82 Å². The van der Waals surface area contributed by atoms with Crippen LogP contribution in [0, 0.1) is 13.8 Å². The molecule has 0 bridgehead atoms. The molecule has 0 aliphatic rings. The number of aromatic nitrogens is 4. The molecule has 0 saturated carbocycles. The number of carbonyl (C=O) groups excluding carboxylic acids is 1. The van der Waals surface area contributed by atoms with E-state index in [0.717, 1.165) is 35.0 Å². The molecule has 3 rings (SSSR count). The van der Waals surface area contributed by atoms with Crippen LogP contribution in [0.4, 0.5) is 5.82 Å². The molecule has 1 aromatic carbocycles. The Morgan fingerprint density at radius 3 is 2.55 bits per heavy atom. The van der Waals surface area contributed by atoms with E-state index in [2.05, 4.69) is 50.9 Å². The number of amides is 1. The van der Waals surface area contributed by atoms with Crippen LogP contribution in [-0.4, -0.2) is 52.6 Å². The third kappa shape index (κ3) is 5.85. The third-order valence-electron chi connectivity index (χ3n) is 5.25. The van der Waals surface area contributed by atoms with E-state index < -0.39 is 0 Å². The van der Waals surface area contributed by atoms with Gasteiger partial charge in [0.25, 0.3) is 0 Å². The highest BCUT2D eigenvalue weighted by Gasteiger charge is 2.15. The Bertz CT molecular complexity index is 1030. The lowest BCUT2D eigenvalue weighted by Gasteiger charge is -2.12. The van der Waals surface area contributed by atoms with Gasteiger partial charge >= 0.3 is 0 Å². The zero-order chi connectivity index (χ0) is 22.4. The van der Waals surface area contributed by atoms with Gasteiger partial charge in [0, 0.05) is 43.7 Å². The molecule has 8 heteroatoms. The van der Waals surface area contributed by atoms with Gasteiger partial charge in [-0.1, -0.05) is 12.1 Å². The summed E-state index contributed by atoms with van der Waals surface area (Å²) in [5, 5.41) is 7.68. The minimum absolute atomic E-state index is 0.0595. The van der Waals surface area contributed by atoms with Crippen LogP contribution in [0.15, 0.2) is 41.6 Å². The average molecular weight is 439 g/mol. The van der Waals surface area contributed by atoms with Gasteiger partial charge in [0.15, 0.2) is 5.82 Å². The van der Waals surface area contributed by atoms with Crippen molar-refractivity contribution in [2.75, 3.05) is 31.8 Å². The summed E-state index contributed by atoms with van der Waals surface area (Å²) in [7, 11) is 3.88. The molecule has 1 amide bonds. The van der Waals surface area contributed by atoms with E-state index in [4.69, 9.17) is 0 Å². The minimum Gasteiger partial charge on any atom is -0.363 e. The van der Waals surface area contributed by atoms with Gasteiger partial charge in [-0.25, -0.2) is 14.6 Å². The molecule has 0 unspecified atom stereocenters. The Labute approximate surface area is 188 Å². The zero-order valence-electron chi connectivity index (χ0n) is 18.8. The van der Waals surface area contributed by atoms with Crippen molar-refractivity contribution in [2.24, 2.45) is 0 Å². The fourth-order valence-electron chi connectivity index (χ4n) is 3.42. The lowest BCUT2D eigenvalue weighted by Crippen LogP contribution is -2.26. The number of nitrogens with one attached hydrogen (secondary N) is 1. The molecule has 164 valence electrons. The molecule has 7 nitrogen and oxygen atoms in total. The number of hydrogen-bond donors (Lipinski definition) is 1. The fourth-order valence-corrected chi connectivity index (χ4v) is 3.83. The smallest absolute Gasteiger partial charge is 0.220 e. The van der Waals surface area contributed by atoms with Gasteiger partial charge in [-0.2, -0.15) is 5.10 Å². The number of nitrogens with zero attached hydrogens (tertiary/aromatic N) is 5. The first-order chi connectivity index (χ1) is 14.9. The summed E-state index contributed by atoms with van der Waals surface area (Å²) in [6.07, 6.45) is 5.53. The van der Waals surface area contributed by atoms with Crippen molar-refractivity contribution in [1.29, 1.82) is 0 Å². The highest BCUT2D eigenvalue weighted by molar-refractivity contribution is 7.98. The second-order valence-electron chi connectivity index (χ2n) is 7.64. The third-order valence-corrected chi connectivity index (χ3v) is 6.00. The normalized spacial score (nSPS) is 10.9. The molecule has 2 heterocycles. The molecule has 31 heavy (non-hydrogen) atoms. The predicted molar refractivity (Wildman–Crippen MR) is 126 cm³/mol.